The summed E-state index contributed by atoms with van der Waals surface area (Å²) in [6, 6.07) is 15.3. The third-order valence-corrected chi connectivity index (χ3v) is 3.36. The number of rotatable bonds is 2. The van der Waals surface area contributed by atoms with Crippen molar-refractivity contribution in [3.8, 4) is 0 Å². The lowest BCUT2D eigenvalue weighted by atomic mass is 10.1. The average molecular weight is 283 g/mol. The standard InChI is InChI=1S/C16H11ClN2O/c17-14-10-18-9-8-13(14)16(20)19-15-7-3-5-11-4-1-2-6-12(11)15/h1-10H,(H,19,20). The molecule has 1 N–H and O–H groups in total. The van der Waals surface area contributed by atoms with E-state index in [1.54, 1.807) is 12.3 Å². The van der Waals surface area contributed by atoms with Crippen molar-refractivity contribution in [2.75, 3.05) is 5.32 Å². The number of aromatic nitrogens is 1. The highest BCUT2D eigenvalue weighted by Crippen LogP contribution is 2.24. The van der Waals surface area contributed by atoms with Crippen LogP contribution in [0.1, 0.15) is 10.4 Å². The second kappa shape index (κ2) is 5.31. The number of hydrogen-bond donors (Lipinski definition) is 1. The summed E-state index contributed by atoms with van der Waals surface area (Å²) in [7, 11) is 0. The van der Waals surface area contributed by atoms with Crippen LogP contribution in [-0.2, 0) is 0 Å². The van der Waals surface area contributed by atoms with Crippen molar-refractivity contribution >= 4 is 34.0 Å². The third kappa shape index (κ3) is 2.36. The number of carbonyl (C=O) groups excluding carboxylic acids is 1. The average Bonchev–Trinajstić information content (AvgIpc) is 2.48. The number of nitrogens with one attached hydrogen (secondary N) is 1. The molecular weight excluding hydrogens is 272 g/mol. The lowest BCUT2D eigenvalue weighted by molar-refractivity contribution is 0.102. The van der Waals surface area contributed by atoms with Crippen molar-refractivity contribution < 1.29 is 4.79 Å². The Labute approximate surface area is 121 Å². The Morgan fingerprint density at radius 3 is 2.70 bits per heavy atom. The number of hydrogen-bond acceptors (Lipinski definition) is 2. The Hall–Kier alpha value is -2.39. The maximum absolute atomic E-state index is 12.3. The summed E-state index contributed by atoms with van der Waals surface area (Å²) in [6.07, 6.45) is 3.00. The highest BCUT2D eigenvalue weighted by molar-refractivity contribution is 6.34. The molecule has 0 bridgehead atoms. The lowest BCUT2D eigenvalue weighted by Crippen LogP contribution is -2.12. The predicted molar refractivity (Wildman–Crippen MR) is 81.1 cm³/mol. The molecular formula is C16H11ClN2O. The maximum atomic E-state index is 12.3. The SMILES string of the molecule is O=C(Nc1cccc2ccccc12)c1ccncc1Cl. The molecule has 0 saturated heterocycles. The molecule has 3 aromatic rings. The van der Waals surface area contributed by atoms with E-state index in [0.29, 0.717) is 10.6 Å². The monoisotopic (exact) mass is 282 g/mol. The summed E-state index contributed by atoms with van der Waals surface area (Å²) in [5.41, 5.74) is 1.18. The van der Waals surface area contributed by atoms with E-state index in [4.69, 9.17) is 11.6 Å². The van der Waals surface area contributed by atoms with E-state index < -0.39 is 0 Å². The molecule has 0 aliphatic heterocycles. The number of nitrogens with zero attached hydrogens (tertiary/aromatic N) is 1. The van der Waals surface area contributed by atoms with Gasteiger partial charge in [-0.1, -0.05) is 48.0 Å². The molecule has 0 radical (unpaired) electrons. The summed E-state index contributed by atoms with van der Waals surface area (Å²) >= 11 is 5.98. The van der Waals surface area contributed by atoms with Crippen LogP contribution in [0.3, 0.4) is 0 Å². The van der Waals surface area contributed by atoms with Gasteiger partial charge in [0.15, 0.2) is 0 Å². The normalized spacial score (nSPS) is 10.4. The number of benzene rings is 2. The largest absolute Gasteiger partial charge is 0.321 e. The highest BCUT2D eigenvalue weighted by atomic mass is 35.5. The molecule has 0 unspecified atom stereocenters. The van der Waals surface area contributed by atoms with E-state index in [1.807, 2.05) is 42.5 Å². The van der Waals surface area contributed by atoms with Crippen molar-refractivity contribution in [1.29, 1.82) is 0 Å². The Balaban J connectivity index is 1.98. The molecule has 0 atom stereocenters. The summed E-state index contributed by atoms with van der Waals surface area (Å²) in [4.78, 5) is 16.1. The predicted octanol–water partition coefficient (Wildman–Crippen LogP) is 4.14. The zero-order chi connectivity index (χ0) is 13.9. The van der Waals surface area contributed by atoms with Crippen LogP contribution in [0.25, 0.3) is 10.8 Å². The Morgan fingerprint density at radius 2 is 1.85 bits per heavy atom. The molecule has 0 fully saturated rings. The van der Waals surface area contributed by atoms with Gasteiger partial charge in [-0.05, 0) is 17.5 Å². The van der Waals surface area contributed by atoms with Crippen molar-refractivity contribution in [3.63, 3.8) is 0 Å². The minimum Gasteiger partial charge on any atom is -0.321 e. The van der Waals surface area contributed by atoms with Crippen LogP contribution in [0.5, 0.6) is 0 Å². The first-order chi connectivity index (χ1) is 9.75. The molecule has 98 valence electrons. The summed E-state index contributed by atoms with van der Waals surface area (Å²) in [5.74, 6) is -0.242. The van der Waals surface area contributed by atoms with Gasteiger partial charge in [0.05, 0.1) is 10.6 Å². The van der Waals surface area contributed by atoms with E-state index in [-0.39, 0.29) is 5.91 Å². The van der Waals surface area contributed by atoms with E-state index in [0.717, 1.165) is 16.5 Å². The van der Waals surface area contributed by atoms with Gasteiger partial charge in [-0.3, -0.25) is 9.78 Å². The van der Waals surface area contributed by atoms with Crippen molar-refractivity contribution in [2.24, 2.45) is 0 Å². The van der Waals surface area contributed by atoms with Gasteiger partial charge in [0.1, 0.15) is 0 Å². The quantitative estimate of drug-likeness (QED) is 0.767. The number of anilines is 1. The number of amides is 1. The van der Waals surface area contributed by atoms with Gasteiger partial charge in [-0.15, -0.1) is 0 Å². The van der Waals surface area contributed by atoms with Gasteiger partial charge in [-0.2, -0.15) is 0 Å². The van der Waals surface area contributed by atoms with Crippen molar-refractivity contribution in [2.45, 2.75) is 0 Å². The molecule has 1 amide bonds. The molecule has 20 heavy (non-hydrogen) atoms. The molecule has 0 saturated carbocycles. The molecule has 1 heterocycles. The van der Waals surface area contributed by atoms with Crippen LogP contribution < -0.4 is 5.32 Å². The van der Waals surface area contributed by atoms with Gasteiger partial charge < -0.3 is 5.32 Å². The van der Waals surface area contributed by atoms with Crippen LogP contribution in [0.2, 0.25) is 5.02 Å². The number of pyridine rings is 1. The second-order valence-corrected chi connectivity index (χ2v) is 4.74. The number of carbonyl (C=O) groups is 1. The molecule has 2 aromatic carbocycles. The Morgan fingerprint density at radius 1 is 1.05 bits per heavy atom. The molecule has 3 nitrogen and oxygen atoms in total. The maximum Gasteiger partial charge on any atom is 0.257 e. The van der Waals surface area contributed by atoms with Gasteiger partial charge in [-0.25, -0.2) is 0 Å². The fourth-order valence-electron chi connectivity index (χ4n) is 2.08. The molecule has 0 aliphatic rings. The molecule has 1 aromatic heterocycles. The van der Waals surface area contributed by atoms with E-state index in [1.165, 1.54) is 6.20 Å². The zero-order valence-electron chi connectivity index (χ0n) is 10.5. The van der Waals surface area contributed by atoms with Gasteiger partial charge in [0.2, 0.25) is 0 Å². The fraction of sp³-hybridized carbons (Fsp3) is 0. The minimum atomic E-state index is -0.242. The number of fused-ring (bicyclic) bond motifs is 1. The number of halogens is 1. The summed E-state index contributed by atoms with van der Waals surface area (Å²) in [6.45, 7) is 0. The summed E-state index contributed by atoms with van der Waals surface area (Å²) < 4.78 is 0. The molecule has 3 rings (SSSR count). The lowest BCUT2D eigenvalue weighted by Gasteiger charge is -2.09. The van der Waals surface area contributed by atoms with Gasteiger partial charge >= 0.3 is 0 Å². The summed E-state index contributed by atoms with van der Waals surface area (Å²) in [5, 5.41) is 5.30. The molecule has 0 aliphatic carbocycles. The molecule has 4 heteroatoms. The first-order valence-electron chi connectivity index (χ1n) is 6.14. The fourth-order valence-corrected chi connectivity index (χ4v) is 2.29. The highest BCUT2D eigenvalue weighted by Gasteiger charge is 2.11. The van der Waals surface area contributed by atoms with Crippen LogP contribution in [0.4, 0.5) is 5.69 Å². The Kier molecular flexibility index (Phi) is 3.35. The van der Waals surface area contributed by atoms with Crippen LogP contribution in [0, 0.1) is 0 Å². The van der Waals surface area contributed by atoms with E-state index in [2.05, 4.69) is 10.3 Å². The van der Waals surface area contributed by atoms with Crippen LogP contribution >= 0.6 is 11.6 Å². The first kappa shape index (κ1) is 12.6. The Bertz CT molecular complexity index is 781. The van der Waals surface area contributed by atoms with Crippen LogP contribution in [0.15, 0.2) is 60.9 Å². The van der Waals surface area contributed by atoms with E-state index >= 15 is 0 Å². The molecule has 0 spiro atoms. The topological polar surface area (TPSA) is 42.0 Å². The van der Waals surface area contributed by atoms with Gasteiger partial charge in [0, 0.05) is 23.5 Å². The zero-order valence-corrected chi connectivity index (χ0v) is 11.3. The van der Waals surface area contributed by atoms with E-state index in [9.17, 15) is 4.79 Å². The van der Waals surface area contributed by atoms with Gasteiger partial charge in [0.25, 0.3) is 5.91 Å². The van der Waals surface area contributed by atoms with Crippen molar-refractivity contribution in [3.05, 3.63) is 71.5 Å². The smallest absolute Gasteiger partial charge is 0.257 e. The van der Waals surface area contributed by atoms with Crippen molar-refractivity contribution in [1.82, 2.24) is 4.98 Å². The van der Waals surface area contributed by atoms with Crippen LogP contribution in [-0.4, -0.2) is 10.9 Å². The third-order valence-electron chi connectivity index (χ3n) is 3.05. The minimum absolute atomic E-state index is 0.242. The second-order valence-electron chi connectivity index (χ2n) is 4.34. The first-order valence-corrected chi connectivity index (χ1v) is 6.52.